The van der Waals surface area contributed by atoms with Gasteiger partial charge in [0.05, 0.1) is 12.7 Å². The van der Waals surface area contributed by atoms with Gasteiger partial charge in [-0.3, -0.25) is 4.79 Å². The molecule has 1 unspecified atom stereocenters. The maximum absolute atomic E-state index is 12.3. The number of carbonyl (C=O) groups excluding carboxylic acids is 1. The van der Waals surface area contributed by atoms with Gasteiger partial charge in [0, 0.05) is 12.7 Å². The molecule has 0 radical (unpaired) electrons. The number of carbonyl (C=O) groups is 2. The number of aliphatic carboxylic acids is 1. The van der Waals surface area contributed by atoms with Crippen LogP contribution in [0.1, 0.15) is 23.7 Å². The van der Waals surface area contributed by atoms with Gasteiger partial charge in [0.25, 0.3) is 5.91 Å². The predicted octanol–water partition coefficient (Wildman–Crippen LogP) is 1.21. The zero-order chi connectivity index (χ0) is 14.6. The molecule has 0 aromatic heterocycles. The highest BCUT2D eigenvalue weighted by atomic mass is 16.5. The van der Waals surface area contributed by atoms with Crippen molar-refractivity contribution >= 4 is 17.6 Å². The van der Waals surface area contributed by atoms with Crippen LogP contribution >= 0.6 is 0 Å². The molecule has 0 bridgehead atoms. The first-order chi connectivity index (χ1) is 8.92. The van der Waals surface area contributed by atoms with Crippen molar-refractivity contribution in [3.05, 3.63) is 23.8 Å². The van der Waals surface area contributed by atoms with E-state index in [2.05, 4.69) is 0 Å². The highest BCUT2D eigenvalue weighted by Gasteiger charge is 2.26. The van der Waals surface area contributed by atoms with Gasteiger partial charge >= 0.3 is 5.97 Å². The van der Waals surface area contributed by atoms with E-state index in [4.69, 9.17) is 15.6 Å². The fraction of sp³-hybridized carbons (Fsp3) is 0.385. The molecule has 0 spiro atoms. The molecular formula is C13H18N2O4. The number of anilines is 1. The molecule has 6 heteroatoms. The molecule has 1 aromatic carbocycles. The number of nitrogens with two attached hydrogens (primary N) is 1. The van der Waals surface area contributed by atoms with Crippen molar-refractivity contribution in [2.45, 2.75) is 19.4 Å². The van der Waals surface area contributed by atoms with Gasteiger partial charge in [-0.15, -0.1) is 0 Å². The topological polar surface area (TPSA) is 92.9 Å². The van der Waals surface area contributed by atoms with Gasteiger partial charge in [-0.25, -0.2) is 4.79 Å². The van der Waals surface area contributed by atoms with Crippen LogP contribution in [0.15, 0.2) is 18.2 Å². The van der Waals surface area contributed by atoms with Crippen LogP contribution in [0.5, 0.6) is 5.75 Å². The number of rotatable bonds is 5. The standard InChI is InChI=1S/C13H18N2O4/c1-4-11(13(17)18)15(2)12(16)9-7-8(19-3)5-6-10(9)14/h5-7,11H,4,14H2,1-3H3,(H,17,18). The molecule has 0 aliphatic rings. The number of nitrogen functional groups attached to an aromatic ring is 1. The second-order valence-corrected chi connectivity index (χ2v) is 4.13. The summed E-state index contributed by atoms with van der Waals surface area (Å²) in [5.41, 5.74) is 6.28. The third-order valence-electron chi connectivity index (χ3n) is 2.95. The molecule has 0 saturated heterocycles. The zero-order valence-corrected chi connectivity index (χ0v) is 11.2. The predicted molar refractivity (Wildman–Crippen MR) is 71.2 cm³/mol. The van der Waals surface area contributed by atoms with E-state index in [1.54, 1.807) is 19.1 Å². The van der Waals surface area contributed by atoms with E-state index in [-0.39, 0.29) is 11.3 Å². The van der Waals surface area contributed by atoms with Gasteiger partial charge in [0.15, 0.2) is 0 Å². The largest absolute Gasteiger partial charge is 0.497 e. The molecule has 0 heterocycles. The zero-order valence-electron chi connectivity index (χ0n) is 11.2. The minimum Gasteiger partial charge on any atom is -0.497 e. The van der Waals surface area contributed by atoms with Crippen molar-refractivity contribution in [2.75, 3.05) is 19.9 Å². The Morgan fingerprint density at radius 2 is 2.11 bits per heavy atom. The van der Waals surface area contributed by atoms with E-state index in [1.807, 2.05) is 0 Å². The maximum Gasteiger partial charge on any atom is 0.326 e. The summed E-state index contributed by atoms with van der Waals surface area (Å²) in [5.74, 6) is -0.986. The summed E-state index contributed by atoms with van der Waals surface area (Å²) >= 11 is 0. The van der Waals surface area contributed by atoms with Gasteiger partial charge in [0.2, 0.25) is 0 Å². The summed E-state index contributed by atoms with van der Waals surface area (Å²) in [7, 11) is 2.93. The van der Waals surface area contributed by atoms with Crippen molar-refractivity contribution in [1.82, 2.24) is 4.90 Å². The average Bonchev–Trinajstić information content (AvgIpc) is 2.38. The van der Waals surface area contributed by atoms with Crippen LogP contribution in [0.4, 0.5) is 5.69 Å². The number of benzene rings is 1. The fourth-order valence-corrected chi connectivity index (χ4v) is 1.79. The maximum atomic E-state index is 12.3. The molecule has 1 atom stereocenters. The van der Waals surface area contributed by atoms with Gasteiger partial charge < -0.3 is 20.5 Å². The number of ether oxygens (including phenoxy) is 1. The molecular weight excluding hydrogens is 248 g/mol. The summed E-state index contributed by atoms with van der Waals surface area (Å²) in [6.07, 6.45) is 0.321. The van der Waals surface area contributed by atoms with E-state index in [1.165, 1.54) is 25.1 Å². The number of nitrogens with zero attached hydrogens (tertiary/aromatic N) is 1. The Morgan fingerprint density at radius 1 is 1.47 bits per heavy atom. The molecule has 104 valence electrons. The van der Waals surface area contributed by atoms with Gasteiger partial charge in [0.1, 0.15) is 11.8 Å². The van der Waals surface area contributed by atoms with E-state index < -0.39 is 17.9 Å². The van der Waals surface area contributed by atoms with Crippen molar-refractivity contribution in [1.29, 1.82) is 0 Å². The molecule has 6 nitrogen and oxygen atoms in total. The van der Waals surface area contributed by atoms with Crippen LogP contribution in [0.2, 0.25) is 0 Å². The molecule has 0 aliphatic carbocycles. The van der Waals surface area contributed by atoms with Crippen molar-refractivity contribution in [3.8, 4) is 5.75 Å². The van der Waals surface area contributed by atoms with Crippen LogP contribution in [0, 0.1) is 0 Å². The second kappa shape index (κ2) is 6.08. The number of methoxy groups -OCH3 is 1. The lowest BCUT2D eigenvalue weighted by atomic mass is 10.1. The summed E-state index contributed by atoms with van der Waals surface area (Å²) in [5, 5.41) is 9.06. The first-order valence-corrected chi connectivity index (χ1v) is 5.85. The number of carboxylic acids is 1. The quantitative estimate of drug-likeness (QED) is 0.781. The highest BCUT2D eigenvalue weighted by Crippen LogP contribution is 2.21. The van der Waals surface area contributed by atoms with Crippen LogP contribution in [0.3, 0.4) is 0 Å². The minimum atomic E-state index is -1.04. The normalized spacial score (nSPS) is 11.7. The minimum absolute atomic E-state index is 0.238. The Hall–Kier alpha value is -2.24. The number of likely N-dealkylation sites (N-methyl/N-ethyl adjacent to an activating group) is 1. The number of hydrogen-bond acceptors (Lipinski definition) is 4. The molecule has 1 aromatic rings. The lowest BCUT2D eigenvalue weighted by molar-refractivity contribution is -0.142. The van der Waals surface area contributed by atoms with E-state index in [0.717, 1.165) is 0 Å². The van der Waals surface area contributed by atoms with E-state index >= 15 is 0 Å². The molecule has 0 saturated carbocycles. The highest BCUT2D eigenvalue weighted by molar-refractivity contribution is 6.01. The summed E-state index contributed by atoms with van der Waals surface area (Å²) in [4.78, 5) is 24.5. The van der Waals surface area contributed by atoms with Gasteiger partial charge in [-0.2, -0.15) is 0 Å². The molecule has 1 amide bonds. The smallest absolute Gasteiger partial charge is 0.326 e. The van der Waals surface area contributed by atoms with Crippen LogP contribution in [-0.4, -0.2) is 42.1 Å². The van der Waals surface area contributed by atoms with Gasteiger partial charge in [-0.05, 0) is 24.6 Å². The fourth-order valence-electron chi connectivity index (χ4n) is 1.79. The van der Waals surface area contributed by atoms with Crippen LogP contribution in [-0.2, 0) is 4.79 Å². The summed E-state index contributed by atoms with van der Waals surface area (Å²) in [6.45, 7) is 1.71. The molecule has 1 rings (SSSR count). The van der Waals surface area contributed by atoms with Crippen LogP contribution < -0.4 is 10.5 Å². The molecule has 3 N–H and O–H groups in total. The van der Waals surface area contributed by atoms with Gasteiger partial charge in [-0.1, -0.05) is 6.92 Å². The third kappa shape index (κ3) is 3.15. The second-order valence-electron chi connectivity index (χ2n) is 4.13. The molecule has 0 fully saturated rings. The van der Waals surface area contributed by atoms with E-state index in [0.29, 0.717) is 12.2 Å². The first kappa shape index (κ1) is 14.8. The Morgan fingerprint density at radius 3 is 2.58 bits per heavy atom. The molecule has 0 aliphatic heterocycles. The third-order valence-corrected chi connectivity index (χ3v) is 2.95. The Labute approximate surface area is 111 Å². The summed E-state index contributed by atoms with van der Waals surface area (Å²) in [6, 6.07) is 3.82. The Kier molecular flexibility index (Phi) is 4.74. The number of carboxylic acid groups (broad SMARTS) is 1. The molecule has 19 heavy (non-hydrogen) atoms. The van der Waals surface area contributed by atoms with Crippen LogP contribution in [0.25, 0.3) is 0 Å². The Bertz CT molecular complexity index is 488. The number of hydrogen-bond donors (Lipinski definition) is 2. The summed E-state index contributed by atoms with van der Waals surface area (Å²) < 4.78 is 5.03. The average molecular weight is 266 g/mol. The Balaban J connectivity index is 3.08. The van der Waals surface area contributed by atoms with E-state index in [9.17, 15) is 9.59 Å². The van der Waals surface area contributed by atoms with Crippen molar-refractivity contribution in [3.63, 3.8) is 0 Å². The number of amides is 1. The monoisotopic (exact) mass is 266 g/mol. The van der Waals surface area contributed by atoms with Crippen molar-refractivity contribution < 1.29 is 19.4 Å². The SMILES string of the molecule is CCC(C(=O)O)N(C)C(=O)c1cc(OC)ccc1N. The lowest BCUT2D eigenvalue weighted by Crippen LogP contribution is -2.42. The lowest BCUT2D eigenvalue weighted by Gasteiger charge is -2.24. The first-order valence-electron chi connectivity index (χ1n) is 5.85. The van der Waals surface area contributed by atoms with Crippen molar-refractivity contribution in [2.24, 2.45) is 0 Å².